The average Bonchev–Trinajstić information content (AvgIpc) is 3.32. The van der Waals surface area contributed by atoms with Gasteiger partial charge in [-0.3, -0.25) is 14.2 Å². The van der Waals surface area contributed by atoms with Crippen LogP contribution in [-0.2, 0) is 53.5 Å². The number of cyclic esters (lactones) is 1. The molecule has 0 bridgehead atoms. The quantitative estimate of drug-likeness (QED) is 0.204. The van der Waals surface area contributed by atoms with Gasteiger partial charge in [-0.05, 0) is 56.5 Å². The second-order valence-electron chi connectivity index (χ2n) is 10.3. The Balaban J connectivity index is 1.57. The third-order valence-corrected chi connectivity index (χ3v) is 9.60. The van der Waals surface area contributed by atoms with Crippen LogP contribution in [0.25, 0.3) is 22.3 Å². The molecule has 4 heterocycles. The number of rotatable bonds is 10. The van der Waals surface area contributed by atoms with Gasteiger partial charge in [0.15, 0.2) is 5.60 Å². The van der Waals surface area contributed by atoms with E-state index >= 15 is 0 Å². The highest BCUT2D eigenvalue weighted by molar-refractivity contribution is 7.57. The number of nitrogens with zero attached hydrogens (tertiary/aromatic N) is 2. The minimum Gasteiger partial charge on any atom is -0.465 e. The van der Waals surface area contributed by atoms with Gasteiger partial charge in [-0.25, -0.2) is 14.9 Å². The first-order valence-electron chi connectivity index (χ1n) is 13.8. The molecule has 5 rings (SSSR count). The van der Waals surface area contributed by atoms with E-state index in [1.54, 1.807) is 42.7 Å². The summed E-state index contributed by atoms with van der Waals surface area (Å²) in [6.07, 6.45) is 0.377. The predicted octanol–water partition coefficient (Wildman–Crippen LogP) is 3.36. The zero-order chi connectivity index (χ0) is 30.4. The Kier molecular flexibility index (Phi) is 8.02. The lowest BCUT2D eigenvalue weighted by Gasteiger charge is -2.31. The summed E-state index contributed by atoms with van der Waals surface area (Å²) in [4.78, 5) is 43.0. The van der Waals surface area contributed by atoms with Gasteiger partial charge in [-0.1, -0.05) is 13.8 Å². The Bertz CT molecular complexity index is 1700. The molecular formula is C29H34N3O9P. The number of esters is 2. The van der Waals surface area contributed by atoms with Crippen LogP contribution >= 0.6 is 7.52 Å². The van der Waals surface area contributed by atoms with E-state index in [9.17, 15) is 24.1 Å². The van der Waals surface area contributed by atoms with Gasteiger partial charge >= 0.3 is 19.5 Å². The summed E-state index contributed by atoms with van der Waals surface area (Å²) in [6, 6.07) is 5.88. The summed E-state index contributed by atoms with van der Waals surface area (Å²) < 4.78 is 36.4. The molecule has 0 spiro atoms. The lowest BCUT2D eigenvalue weighted by atomic mass is 9.86. The third kappa shape index (κ3) is 4.92. The maximum atomic E-state index is 13.6. The van der Waals surface area contributed by atoms with Crippen molar-refractivity contribution in [3.63, 3.8) is 0 Å². The molecule has 0 saturated carbocycles. The average molecular weight is 600 g/mol. The topological polar surface area (TPSA) is 155 Å². The Hall–Kier alpha value is -3.57. The van der Waals surface area contributed by atoms with Gasteiger partial charge < -0.3 is 28.4 Å². The largest absolute Gasteiger partial charge is 0.465 e. The monoisotopic (exact) mass is 599 g/mol. The first-order valence-corrected chi connectivity index (χ1v) is 15.7. The van der Waals surface area contributed by atoms with Gasteiger partial charge in [-0.15, -0.1) is 0 Å². The fourth-order valence-electron chi connectivity index (χ4n) is 5.65. The molecule has 0 amide bonds. The summed E-state index contributed by atoms with van der Waals surface area (Å²) in [5.74, 6) is -1.05. The highest BCUT2D eigenvalue weighted by atomic mass is 31.2. The Morgan fingerprint density at radius 1 is 1.24 bits per heavy atom. The molecule has 1 unspecified atom stereocenters. The Morgan fingerprint density at radius 2 is 2.00 bits per heavy atom. The molecule has 42 heavy (non-hydrogen) atoms. The number of benzene rings is 1. The van der Waals surface area contributed by atoms with Crippen LogP contribution in [0.2, 0.25) is 0 Å². The van der Waals surface area contributed by atoms with Gasteiger partial charge in [0.25, 0.3) is 5.56 Å². The summed E-state index contributed by atoms with van der Waals surface area (Å²) >= 11 is 0. The van der Waals surface area contributed by atoms with Crippen LogP contribution in [0.1, 0.15) is 56.4 Å². The highest BCUT2D eigenvalue weighted by Gasteiger charge is 2.45. The van der Waals surface area contributed by atoms with E-state index in [4.69, 9.17) is 23.7 Å². The molecule has 0 fully saturated rings. The van der Waals surface area contributed by atoms with Crippen molar-refractivity contribution in [1.29, 1.82) is 0 Å². The summed E-state index contributed by atoms with van der Waals surface area (Å²) in [7, 11) is -2.30. The van der Waals surface area contributed by atoms with E-state index in [0.717, 1.165) is 16.5 Å². The minimum absolute atomic E-state index is 0.0586. The zero-order valence-electron chi connectivity index (χ0n) is 24.2. The second kappa shape index (κ2) is 11.3. The van der Waals surface area contributed by atoms with Crippen LogP contribution < -0.4 is 15.2 Å². The first kappa shape index (κ1) is 29.9. The number of pyridine rings is 2. The first-order chi connectivity index (χ1) is 20.0. The number of hydrogen-bond acceptors (Lipinski definition) is 10. The van der Waals surface area contributed by atoms with Gasteiger partial charge in [0.2, 0.25) is 0 Å². The van der Waals surface area contributed by atoms with Crippen LogP contribution in [-0.4, -0.2) is 52.7 Å². The smallest absolute Gasteiger partial charge is 0.343 e. The predicted molar refractivity (Wildman–Crippen MR) is 153 cm³/mol. The number of carbonyl (C=O) groups is 2. The lowest BCUT2D eigenvalue weighted by molar-refractivity contribution is -0.172. The van der Waals surface area contributed by atoms with E-state index in [0.29, 0.717) is 23.3 Å². The van der Waals surface area contributed by atoms with Crippen LogP contribution in [0.4, 0.5) is 0 Å². The molecule has 3 atom stereocenters. The molecule has 12 nitrogen and oxygen atoms in total. The van der Waals surface area contributed by atoms with Gasteiger partial charge in [0.05, 0.1) is 35.6 Å². The van der Waals surface area contributed by atoms with Gasteiger partial charge in [-0.2, -0.15) is 0 Å². The van der Waals surface area contributed by atoms with Crippen molar-refractivity contribution in [3.05, 3.63) is 56.9 Å². The number of aromatic nitrogens is 2. The van der Waals surface area contributed by atoms with E-state index in [1.165, 1.54) is 14.0 Å². The van der Waals surface area contributed by atoms with Crippen molar-refractivity contribution in [2.45, 2.75) is 65.3 Å². The van der Waals surface area contributed by atoms with Crippen LogP contribution in [0.15, 0.2) is 29.1 Å². The molecule has 2 aliphatic heterocycles. The number of methoxy groups -OCH3 is 1. The number of aryl methyl sites for hydroxylation is 1. The molecular weight excluding hydrogens is 565 g/mol. The zero-order valence-corrected chi connectivity index (χ0v) is 25.1. The standard InChI is InChI=1S/C29H34N3O9P/c1-6-18-19-11-17(41-42(37,15-38-5)31-16(4)27(34)39-8-3)9-10-23(19)30-25-20(18)13-32-24(25)12-22-21(26(32)33)14-40-28(35)29(22,36)7-2/h9-12,16,36H,6-8,13-15H2,1-5H3,(H,31,37)/t16-,29-,42?/m0/s1. The summed E-state index contributed by atoms with van der Waals surface area (Å²) in [5.41, 5.74) is 1.77. The van der Waals surface area contributed by atoms with E-state index in [1.807, 2.05) is 6.92 Å². The lowest BCUT2D eigenvalue weighted by Crippen LogP contribution is -2.44. The molecule has 224 valence electrons. The van der Waals surface area contributed by atoms with Crippen molar-refractivity contribution in [2.75, 3.05) is 20.1 Å². The fraction of sp³-hybridized carbons (Fsp3) is 0.448. The van der Waals surface area contributed by atoms with Crippen molar-refractivity contribution in [1.82, 2.24) is 14.6 Å². The van der Waals surface area contributed by atoms with Crippen LogP contribution in [0.3, 0.4) is 0 Å². The Labute approximate surface area is 242 Å². The van der Waals surface area contributed by atoms with Crippen molar-refractivity contribution < 1.29 is 38.0 Å². The molecule has 0 radical (unpaired) electrons. The SMILES string of the molecule is CCOC(=O)[C@H](C)NP(=O)(COC)Oc1ccc2nc3c(c(CC)c2c1)Cn1c-3cc2c(c1=O)COC(=O)[C@]2(O)CC. The maximum absolute atomic E-state index is 13.6. The van der Waals surface area contributed by atoms with Gasteiger partial charge in [0, 0.05) is 23.6 Å². The minimum atomic E-state index is -3.68. The number of aliphatic hydroxyl groups is 1. The second-order valence-corrected chi connectivity index (χ2v) is 12.4. The normalized spacial score (nSPS) is 19.3. The molecule has 0 saturated heterocycles. The van der Waals surface area contributed by atoms with E-state index in [2.05, 4.69) is 5.09 Å². The number of hydrogen-bond donors (Lipinski definition) is 2. The number of ether oxygens (including phenoxy) is 3. The number of nitrogens with one attached hydrogen (secondary N) is 1. The van der Waals surface area contributed by atoms with Gasteiger partial charge in [0.1, 0.15) is 24.7 Å². The van der Waals surface area contributed by atoms with Crippen LogP contribution in [0.5, 0.6) is 5.75 Å². The molecule has 3 aromatic rings. The van der Waals surface area contributed by atoms with E-state index < -0.39 is 31.1 Å². The maximum Gasteiger partial charge on any atom is 0.343 e. The fourth-order valence-corrected chi connectivity index (χ4v) is 7.32. The van der Waals surface area contributed by atoms with E-state index in [-0.39, 0.29) is 55.0 Å². The molecule has 2 aromatic heterocycles. The molecule has 13 heteroatoms. The van der Waals surface area contributed by atoms with Crippen molar-refractivity contribution >= 4 is 30.4 Å². The number of fused-ring (bicyclic) bond motifs is 5. The highest BCUT2D eigenvalue weighted by Crippen LogP contribution is 2.45. The third-order valence-electron chi connectivity index (χ3n) is 7.71. The molecule has 1 aromatic carbocycles. The van der Waals surface area contributed by atoms with Crippen LogP contribution in [0, 0.1) is 0 Å². The summed E-state index contributed by atoms with van der Waals surface area (Å²) in [6.45, 7) is 7.11. The van der Waals surface area contributed by atoms with Crippen molar-refractivity contribution in [3.8, 4) is 17.1 Å². The molecule has 2 aliphatic rings. The Morgan fingerprint density at radius 3 is 2.67 bits per heavy atom. The summed E-state index contributed by atoms with van der Waals surface area (Å²) in [5, 5.41) is 14.6. The number of carbonyl (C=O) groups excluding carboxylic acids is 2. The van der Waals surface area contributed by atoms with Crippen molar-refractivity contribution in [2.24, 2.45) is 0 Å². The molecule has 0 aliphatic carbocycles. The molecule has 2 N–H and O–H groups in total.